The van der Waals surface area contributed by atoms with Gasteiger partial charge in [-0.2, -0.15) is 0 Å². The van der Waals surface area contributed by atoms with Crippen molar-refractivity contribution >= 4 is 17.9 Å². The highest BCUT2D eigenvalue weighted by Gasteiger charge is 2.23. The van der Waals surface area contributed by atoms with E-state index in [1.54, 1.807) is 0 Å². The lowest BCUT2D eigenvalue weighted by Crippen LogP contribution is -2.32. The van der Waals surface area contributed by atoms with Crippen molar-refractivity contribution in [2.75, 3.05) is 13.2 Å². The van der Waals surface area contributed by atoms with Gasteiger partial charge in [0.05, 0.1) is 0 Å². The predicted octanol–water partition coefficient (Wildman–Crippen LogP) is 7.80. The van der Waals surface area contributed by atoms with E-state index in [-0.39, 0.29) is 37.0 Å². The maximum absolute atomic E-state index is 12.7. The SMILES string of the molecule is CCCCC(CC)CC(=O)OCC(COC(=O)CC(CC)CCCC)OC(=O)CC(CC)CCCC. The largest absolute Gasteiger partial charge is 0.462 e. The van der Waals surface area contributed by atoms with Crippen LogP contribution in [0.25, 0.3) is 0 Å². The molecule has 0 rings (SSSR count). The third-order valence-corrected chi connectivity index (χ3v) is 7.15. The van der Waals surface area contributed by atoms with Crippen LogP contribution in [0.1, 0.15) is 138 Å². The monoisotopic (exact) mass is 512 g/mol. The summed E-state index contributed by atoms with van der Waals surface area (Å²) in [6, 6.07) is 0. The standard InChI is InChI=1S/C30H56O6/c1-7-13-16-24(10-4)19-28(31)34-22-27(36-30(33)21-26(12-6)18-15-9-3)23-35-29(32)20-25(11-5)17-14-8-2/h24-27H,7-23H2,1-6H3. The molecule has 3 unspecified atom stereocenters. The molecule has 0 N–H and O–H groups in total. The van der Waals surface area contributed by atoms with Gasteiger partial charge >= 0.3 is 17.9 Å². The molecule has 0 saturated carbocycles. The summed E-state index contributed by atoms with van der Waals surface area (Å²) in [7, 11) is 0. The van der Waals surface area contributed by atoms with E-state index in [2.05, 4.69) is 41.5 Å². The Labute approximate surface area is 221 Å². The smallest absolute Gasteiger partial charge is 0.306 e. The van der Waals surface area contributed by atoms with Crippen molar-refractivity contribution in [2.45, 2.75) is 144 Å². The lowest BCUT2D eigenvalue weighted by molar-refractivity contribution is -0.168. The van der Waals surface area contributed by atoms with Crippen LogP contribution in [0.2, 0.25) is 0 Å². The number of ether oxygens (including phenoxy) is 3. The second kappa shape index (κ2) is 22.6. The fourth-order valence-corrected chi connectivity index (χ4v) is 4.38. The quantitative estimate of drug-likeness (QED) is 0.103. The molecule has 0 aliphatic carbocycles. The van der Waals surface area contributed by atoms with Gasteiger partial charge in [0.1, 0.15) is 13.2 Å². The van der Waals surface area contributed by atoms with E-state index in [1.807, 2.05) is 0 Å². The van der Waals surface area contributed by atoms with Gasteiger partial charge in [0.2, 0.25) is 0 Å². The van der Waals surface area contributed by atoms with Crippen LogP contribution >= 0.6 is 0 Å². The second-order valence-electron chi connectivity index (χ2n) is 10.3. The minimum Gasteiger partial charge on any atom is -0.462 e. The van der Waals surface area contributed by atoms with Crippen LogP contribution in [0, 0.1) is 17.8 Å². The van der Waals surface area contributed by atoms with Crippen LogP contribution < -0.4 is 0 Å². The summed E-state index contributed by atoms with van der Waals surface area (Å²) < 4.78 is 16.7. The molecule has 0 heterocycles. The number of hydrogen-bond donors (Lipinski definition) is 0. The number of hydrogen-bond acceptors (Lipinski definition) is 6. The summed E-state index contributed by atoms with van der Waals surface area (Å²) in [6.45, 7) is 12.5. The van der Waals surface area contributed by atoms with Gasteiger partial charge in [-0.15, -0.1) is 0 Å². The fourth-order valence-electron chi connectivity index (χ4n) is 4.38. The Kier molecular flexibility index (Phi) is 21.6. The van der Waals surface area contributed by atoms with E-state index in [1.165, 1.54) is 0 Å². The minimum absolute atomic E-state index is 0.0825. The Balaban J connectivity index is 4.97. The van der Waals surface area contributed by atoms with Crippen molar-refractivity contribution in [1.29, 1.82) is 0 Å². The maximum atomic E-state index is 12.7. The van der Waals surface area contributed by atoms with E-state index < -0.39 is 6.10 Å². The molecule has 0 amide bonds. The minimum atomic E-state index is -0.777. The number of carbonyl (C=O) groups excluding carboxylic acids is 3. The molecule has 0 radical (unpaired) electrons. The number of rotatable bonds is 23. The first kappa shape index (κ1) is 34.4. The molecule has 212 valence electrons. The summed E-state index contributed by atoms with van der Waals surface area (Å²) in [5.41, 5.74) is 0. The average Bonchev–Trinajstić information content (AvgIpc) is 2.88. The van der Waals surface area contributed by atoms with Gasteiger partial charge in [0.25, 0.3) is 0 Å². The molecule has 3 atom stereocenters. The van der Waals surface area contributed by atoms with Crippen molar-refractivity contribution in [3.05, 3.63) is 0 Å². The van der Waals surface area contributed by atoms with E-state index in [4.69, 9.17) is 14.2 Å². The van der Waals surface area contributed by atoms with Crippen LogP contribution in [-0.4, -0.2) is 37.2 Å². The van der Waals surface area contributed by atoms with Gasteiger partial charge in [-0.1, -0.05) is 99.3 Å². The number of carbonyl (C=O) groups is 3. The predicted molar refractivity (Wildman–Crippen MR) is 146 cm³/mol. The zero-order chi connectivity index (χ0) is 27.2. The first-order valence-corrected chi connectivity index (χ1v) is 14.8. The van der Waals surface area contributed by atoms with Crippen LogP contribution in [0.5, 0.6) is 0 Å². The highest BCUT2D eigenvalue weighted by Crippen LogP contribution is 2.20. The Morgan fingerprint density at radius 1 is 0.528 bits per heavy atom. The third-order valence-electron chi connectivity index (χ3n) is 7.15. The molecular formula is C30H56O6. The molecular weight excluding hydrogens is 456 g/mol. The van der Waals surface area contributed by atoms with E-state index >= 15 is 0 Å². The van der Waals surface area contributed by atoms with Crippen LogP contribution in [-0.2, 0) is 28.6 Å². The van der Waals surface area contributed by atoms with E-state index in [0.717, 1.165) is 77.0 Å². The molecule has 0 aliphatic rings. The molecule has 0 spiro atoms. The summed E-state index contributed by atoms with van der Waals surface area (Å²) in [6.07, 6.45) is 12.6. The summed E-state index contributed by atoms with van der Waals surface area (Å²) >= 11 is 0. The fraction of sp³-hybridized carbons (Fsp3) is 0.900. The Bertz CT molecular complexity index is 542. The topological polar surface area (TPSA) is 78.9 Å². The molecule has 0 aromatic carbocycles. The van der Waals surface area contributed by atoms with Gasteiger partial charge in [-0.3, -0.25) is 14.4 Å². The molecule has 0 saturated heterocycles. The Hall–Kier alpha value is -1.59. The summed E-state index contributed by atoms with van der Waals surface area (Å²) in [4.78, 5) is 37.6. The molecule has 0 aromatic heterocycles. The lowest BCUT2D eigenvalue weighted by Gasteiger charge is -2.21. The average molecular weight is 513 g/mol. The number of unbranched alkanes of at least 4 members (excludes halogenated alkanes) is 3. The van der Waals surface area contributed by atoms with Crippen molar-refractivity contribution in [3.8, 4) is 0 Å². The zero-order valence-electron chi connectivity index (χ0n) is 24.3. The number of esters is 3. The molecule has 6 heteroatoms. The van der Waals surface area contributed by atoms with Gasteiger partial charge < -0.3 is 14.2 Å². The van der Waals surface area contributed by atoms with Crippen molar-refractivity contribution in [2.24, 2.45) is 17.8 Å². The van der Waals surface area contributed by atoms with Gasteiger partial charge in [-0.25, -0.2) is 0 Å². The Morgan fingerprint density at radius 3 is 1.17 bits per heavy atom. The van der Waals surface area contributed by atoms with Crippen molar-refractivity contribution < 1.29 is 28.6 Å². The zero-order valence-corrected chi connectivity index (χ0v) is 24.3. The van der Waals surface area contributed by atoms with Crippen LogP contribution in [0.3, 0.4) is 0 Å². The summed E-state index contributed by atoms with van der Waals surface area (Å²) in [5, 5.41) is 0. The van der Waals surface area contributed by atoms with E-state index in [9.17, 15) is 14.4 Å². The normalized spacial score (nSPS) is 14.5. The first-order chi connectivity index (χ1) is 17.3. The lowest BCUT2D eigenvalue weighted by atomic mass is 9.96. The van der Waals surface area contributed by atoms with Gasteiger partial charge in [-0.05, 0) is 37.0 Å². The highest BCUT2D eigenvalue weighted by molar-refractivity contribution is 5.71. The van der Waals surface area contributed by atoms with Crippen molar-refractivity contribution in [1.82, 2.24) is 0 Å². The molecule has 0 bridgehead atoms. The van der Waals surface area contributed by atoms with Gasteiger partial charge in [0.15, 0.2) is 6.10 Å². The first-order valence-electron chi connectivity index (χ1n) is 14.8. The van der Waals surface area contributed by atoms with Crippen LogP contribution in [0.4, 0.5) is 0 Å². The summed E-state index contributed by atoms with van der Waals surface area (Å²) in [5.74, 6) is -0.0195. The maximum Gasteiger partial charge on any atom is 0.306 e. The molecule has 0 aromatic rings. The third kappa shape index (κ3) is 17.8. The molecule has 0 fully saturated rings. The van der Waals surface area contributed by atoms with E-state index in [0.29, 0.717) is 31.1 Å². The molecule has 0 aliphatic heterocycles. The Morgan fingerprint density at radius 2 is 0.861 bits per heavy atom. The highest BCUT2D eigenvalue weighted by atomic mass is 16.6. The van der Waals surface area contributed by atoms with Crippen LogP contribution in [0.15, 0.2) is 0 Å². The molecule has 6 nitrogen and oxygen atoms in total. The molecule has 36 heavy (non-hydrogen) atoms. The van der Waals surface area contributed by atoms with Gasteiger partial charge in [0, 0.05) is 19.3 Å². The van der Waals surface area contributed by atoms with Crippen molar-refractivity contribution in [3.63, 3.8) is 0 Å². The second-order valence-corrected chi connectivity index (χ2v) is 10.3.